The summed E-state index contributed by atoms with van der Waals surface area (Å²) in [6, 6.07) is 17.0. The van der Waals surface area contributed by atoms with Crippen molar-refractivity contribution in [2.24, 2.45) is 0 Å². The van der Waals surface area contributed by atoms with Crippen LogP contribution in [0.5, 0.6) is 0 Å². The van der Waals surface area contributed by atoms with Gasteiger partial charge in [0.2, 0.25) is 10.0 Å². The van der Waals surface area contributed by atoms with Gasteiger partial charge in [-0.25, -0.2) is 13.1 Å². The quantitative estimate of drug-likeness (QED) is 0.853. The lowest BCUT2D eigenvalue weighted by Crippen LogP contribution is -2.32. The van der Waals surface area contributed by atoms with Crippen LogP contribution in [0.25, 0.3) is 0 Å². The molecule has 1 N–H and O–H groups in total. The highest BCUT2D eigenvalue weighted by molar-refractivity contribution is 7.89. The van der Waals surface area contributed by atoms with Crippen molar-refractivity contribution in [1.29, 1.82) is 0 Å². The predicted molar refractivity (Wildman–Crippen MR) is 89.1 cm³/mol. The summed E-state index contributed by atoms with van der Waals surface area (Å²) in [6.07, 6.45) is 0. The van der Waals surface area contributed by atoms with Crippen molar-refractivity contribution < 1.29 is 8.42 Å². The second-order valence-electron chi connectivity index (χ2n) is 5.43. The maximum atomic E-state index is 12.2. The molecular weight excluding hydrogens is 296 g/mol. The number of rotatable bonds is 7. The Balaban J connectivity index is 1.83. The summed E-state index contributed by atoms with van der Waals surface area (Å²) in [7, 11) is -1.44. The lowest BCUT2D eigenvalue weighted by atomic mass is 10.2. The van der Waals surface area contributed by atoms with E-state index in [1.165, 1.54) is 5.56 Å². The molecule has 22 heavy (non-hydrogen) atoms. The van der Waals surface area contributed by atoms with Gasteiger partial charge in [0.1, 0.15) is 0 Å². The van der Waals surface area contributed by atoms with Crippen LogP contribution in [0, 0.1) is 6.92 Å². The van der Waals surface area contributed by atoms with E-state index in [0.717, 1.165) is 12.1 Å². The molecule has 0 aliphatic rings. The van der Waals surface area contributed by atoms with Gasteiger partial charge in [0.15, 0.2) is 0 Å². The van der Waals surface area contributed by atoms with Crippen LogP contribution in [0.15, 0.2) is 59.5 Å². The van der Waals surface area contributed by atoms with Gasteiger partial charge in [-0.1, -0.05) is 48.0 Å². The largest absolute Gasteiger partial charge is 0.301 e. The Morgan fingerprint density at radius 3 is 2.27 bits per heavy atom. The molecule has 0 fully saturated rings. The Labute approximate surface area is 132 Å². The molecule has 0 bridgehead atoms. The van der Waals surface area contributed by atoms with Gasteiger partial charge in [0.05, 0.1) is 4.90 Å². The molecular formula is C17H22N2O2S. The van der Waals surface area contributed by atoms with Crippen molar-refractivity contribution in [3.63, 3.8) is 0 Å². The Kier molecular flexibility index (Phi) is 5.71. The molecule has 0 aliphatic carbocycles. The fourth-order valence-corrected chi connectivity index (χ4v) is 3.17. The minimum Gasteiger partial charge on any atom is -0.301 e. The van der Waals surface area contributed by atoms with Crippen LogP contribution in [-0.2, 0) is 16.6 Å². The molecule has 0 heterocycles. The minimum atomic E-state index is -3.42. The fourth-order valence-electron chi connectivity index (χ4n) is 2.15. The van der Waals surface area contributed by atoms with Gasteiger partial charge in [0.25, 0.3) is 0 Å². The Bertz CT molecular complexity index is 682. The van der Waals surface area contributed by atoms with Crippen LogP contribution < -0.4 is 4.72 Å². The van der Waals surface area contributed by atoms with E-state index in [4.69, 9.17) is 0 Å². The Morgan fingerprint density at radius 1 is 1.00 bits per heavy atom. The summed E-state index contributed by atoms with van der Waals surface area (Å²) in [5.74, 6) is 0. The lowest BCUT2D eigenvalue weighted by molar-refractivity contribution is 0.332. The van der Waals surface area contributed by atoms with Crippen molar-refractivity contribution in [2.75, 3.05) is 20.1 Å². The second-order valence-corrected chi connectivity index (χ2v) is 7.20. The first kappa shape index (κ1) is 16.7. The normalized spacial score (nSPS) is 11.8. The van der Waals surface area contributed by atoms with Crippen LogP contribution in [0.4, 0.5) is 0 Å². The molecule has 0 amide bonds. The number of hydrogen-bond acceptors (Lipinski definition) is 3. The number of nitrogens with one attached hydrogen (secondary N) is 1. The minimum absolute atomic E-state index is 0.309. The first-order valence-electron chi connectivity index (χ1n) is 7.26. The van der Waals surface area contributed by atoms with Crippen molar-refractivity contribution >= 4 is 10.0 Å². The molecule has 2 aromatic carbocycles. The summed E-state index contributed by atoms with van der Waals surface area (Å²) in [6.45, 7) is 3.77. The lowest BCUT2D eigenvalue weighted by Gasteiger charge is -2.17. The zero-order valence-electron chi connectivity index (χ0n) is 13.0. The molecule has 0 radical (unpaired) electrons. The summed E-state index contributed by atoms with van der Waals surface area (Å²) in [5.41, 5.74) is 2.26. The zero-order chi connectivity index (χ0) is 16.0. The third kappa shape index (κ3) is 4.94. The summed E-state index contributed by atoms with van der Waals surface area (Å²) >= 11 is 0. The summed E-state index contributed by atoms with van der Waals surface area (Å²) in [4.78, 5) is 2.40. The summed E-state index contributed by atoms with van der Waals surface area (Å²) in [5, 5.41) is 0. The first-order valence-corrected chi connectivity index (χ1v) is 8.74. The van der Waals surface area contributed by atoms with Gasteiger partial charge < -0.3 is 4.90 Å². The van der Waals surface area contributed by atoms with Gasteiger partial charge in [0, 0.05) is 19.6 Å². The molecule has 0 unspecified atom stereocenters. The van der Waals surface area contributed by atoms with Crippen LogP contribution in [0.3, 0.4) is 0 Å². The molecule has 5 heteroatoms. The molecule has 2 aromatic rings. The molecule has 4 nitrogen and oxygen atoms in total. The highest BCUT2D eigenvalue weighted by Gasteiger charge is 2.13. The highest BCUT2D eigenvalue weighted by atomic mass is 32.2. The number of aryl methyl sites for hydroxylation is 1. The third-order valence-corrected chi connectivity index (χ3v) is 4.89. The monoisotopic (exact) mass is 318 g/mol. The van der Waals surface area contributed by atoms with E-state index in [9.17, 15) is 8.42 Å². The van der Waals surface area contributed by atoms with E-state index >= 15 is 0 Å². The van der Waals surface area contributed by atoms with Crippen LogP contribution in [0.2, 0.25) is 0 Å². The van der Waals surface area contributed by atoms with Crippen molar-refractivity contribution in [3.8, 4) is 0 Å². The second kappa shape index (κ2) is 7.54. The van der Waals surface area contributed by atoms with Crippen molar-refractivity contribution in [3.05, 3.63) is 65.7 Å². The molecule has 0 aliphatic heterocycles. The van der Waals surface area contributed by atoms with Crippen LogP contribution in [-0.4, -0.2) is 33.5 Å². The number of benzene rings is 2. The molecule has 0 spiro atoms. The SMILES string of the molecule is Cc1ccc(S(=O)(=O)NCCN(C)Cc2ccccc2)cc1. The number of hydrogen-bond donors (Lipinski definition) is 1. The van der Waals surface area contributed by atoms with Crippen molar-refractivity contribution in [2.45, 2.75) is 18.4 Å². The molecule has 118 valence electrons. The third-order valence-electron chi connectivity index (χ3n) is 3.41. The van der Waals surface area contributed by atoms with E-state index < -0.39 is 10.0 Å². The van der Waals surface area contributed by atoms with Gasteiger partial charge in [-0.2, -0.15) is 0 Å². The average molecular weight is 318 g/mol. The topological polar surface area (TPSA) is 49.4 Å². The standard InChI is InChI=1S/C17H22N2O2S/c1-15-8-10-17(11-9-15)22(20,21)18-12-13-19(2)14-16-6-4-3-5-7-16/h3-11,18H,12-14H2,1-2H3. The van der Waals surface area contributed by atoms with Gasteiger partial charge in [-0.3, -0.25) is 0 Å². The number of sulfonamides is 1. The average Bonchev–Trinajstić information content (AvgIpc) is 2.48. The van der Waals surface area contributed by atoms with E-state index in [1.54, 1.807) is 24.3 Å². The molecule has 0 aromatic heterocycles. The maximum absolute atomic E-state index is 12.2. The first-order chi connectivity index (χ1) is 10.5. The van der Waals surface area contributed by atoms with E-state index in [0.29, 0.717) is 18.0 Å². The van der Waals surface area contributed by atoms with Gasteiger partial charge in [-0.05, 0) is 31.7 Å². The molecule has 0 saturated carbocycles. The van der Waals surface area contributed by atoms with Gasteiger partial charge >= 0.3 is 0 Å². The van der Waals surface area contributed by atoms with E-state index in [2.05, 4.69) is 21.8 Å². The van der Waals surface area contributed by atoms with E-state index in [1.807, 2.05) is 32.2 Å². The van der Waals surface area contributed by atoms with Crippen molar-refractivity contribution in [1.82, 2.24) is 9.62 Å². The molecule has 0 atom stereocenters. The van der Waals surface area contributed by atoms with Gasteiger partial charge in [-0.15, -0.1) is 0 Å². The highest BCUT2D eigenvalue weighted by Crippen LogP contribution is 2.09. The smallest absolute Gasteiger partial charge is 0.240 e. The van der Waals surface area contributed by atoms with Crippen LogP contribution in [0.1, 0.15) is 11.1 Å². The molecule has 2 rings (SSSR count). The summed E-state index contributed by atoms with van der Waals surface area (Å²) < 4.78 is 26.9. The van der Waals surface area contributed by atoms with Crippen LogP contribution >= 0.6 is 0 Å². The Hall–Kier alpha value is -1.69. The zero-order valence-corrected chi connectivity index (χ0v) is 13.8. The fraction of sp³-hybridized carbons (Fsp3) is 0.294. The number of likely N-dealkylation sites (N-methyl/N-ethyl adjacent to an activating group) is 1. The molecule has 0 saturated heterocycles. The number of nitrogens with zero attached hydrogens (tertiary/aromatic N) is 1. The Morgan fingerprint density at radius 2 is 1.64 bits per heavy atom. The predicted octanol–water partition coefficient (Wildman–Crippen LogP) is 2.41. The van der Waals surface area contributed by atoms with E-state index in [-0.39, 0.29) is 0 Å². The maximum Gasteiger partial charge on any atom is 0.240 e.